The van der Waals surface area contributed by atoms with Crippen molar-refractivity contribution in [3.8, 4) is 11.6 Å². The maximum absolute atomic E-state index is 13.1. The molecule has 0 aliphatic heterocycles. The number of hydrogen-bond donors (Lipinski definition) is 2. The van der Waals surface area contributed by atoms with Crippen LogP contribution in [0.5, 0.6) is 5.88 Å². The molecule has 0 saturated carbocycles. The predicted molar refractivity (Wildman–Crippen MR) is 63.6 cm³/mol. The van der Waals surface area contributed by atoms with Gasteiger partial charge in [0.25, 0.3) is 5.56 Å². The molecule has 100 valence electrons. The van der Waals surface area contributed by atoms with E-state index < -0.39 is 28.8 Å². The van der Waals surface area contributed by atoms with E-state index in [0.29, 0.717) is 10.6 Å². The van der Waals surface area contributed by atoms with Gasteiger partial charge in [-0.3, -0.25) is 9.78 Å². The molecule has 19 heavy (non-hydrogen) atoms. The maximum Gasteiger partial charge on any atom is 0.335 e. The third-order valence-corrected chi connectivity index (χ3v) is 2.64. The van der Waals surface area contributed by atoms with E-state index in [4.69, 9.17) is 0 Å². The molecular weight excluding hydrogens is 258 g/mol. The summed E-state index contributed by atoms with van der Waals surface area (Å²) < 4.78 is 26.9. The van der Waals surface area contributed by atoms with Crippen LogP contribution in [0.2, 0.25) is 0 Å². The molecule has 0 radical (unpaired) electrons. The number of aromatic hydroxyl groups is 1. The van der Waals surface area contributed by atoms with Crippen LogP contribution in [0, 0.1) is 11.6 Å². The van der Waals surface area contributed by atoms with Crippen LogP contribution in [0.3, 0.4) is 0 Å². The molecule has 0 bridgehead atoms. The molecule has 0 atom stereocenters. The highest BCUT2D eigenvalue weighted by molar-refractivity contribution is 5.38. The lowest BCUT2D eigenvalue weighted by Crippen LogP contribution is -2.31. The molecule has 0 amide bonds. The van der Waals surface area contributed by atoms with E-state index >= 15 is 0 Å². The van der Waals surface area contributed by atoms with E-state index in [1.54, 1.807) is 6.92 Å². The molecule has 7 heteroatoms. The van der Waals surface area contributed by atoms with Crippen LogP contribution in [0.25, 0.3) is 5.69 Å². The molecule has 2 aromatic rings. The molecule has 1 heterocycles. The normalized spacial score (nSPS) is 10.7. The summed E-state index contributed by atoms with van der Waals surface area (Å²) in [5, 5.41) is 9.88. The van der Waals surface area contributed by atoms with Crippen LogP contribution in [0.1, 0.15) is 12.5 Å². The highest BCUT2D eigenvalue weighted by atomic mass is 19.1. The zero-order chi connectivity index (χ0) is 14.2. The third kappa shape index (κ3) is 2.26. The summed E-state index contributed by atoms with van der Waals surface area (Å²) in [5.74, 6) is -2.42. The smallest absolute Gasteiger partial charge is 0.335 e. The van der Waals surface area contributed by atoms with E-state index in [1.165, 1.54) is 0 Å². The van der Waals surface area contributed by atoms with E-state index in [0.717, 1.165) is 12.1 Å². The van der Waals surface area contributed by atoms with Gasteiger partial charge in [-0.1, -0.05) is 6.92 Å². The van der Waals surface area contributed by atoms with Crippen LogP contribution in [0.4, 0.5) is 8.78 Å². The average molecular weight is 268 g/mol. The van der Waals surface area contributed by atoms with Crippen LogP contribution in [0.15, 0.2) is 27.8 Å². The fraction of sp³-hybridized carbons (Fsp3) is 0.167. The number of rotatable bonds is 2. The Morgan fingerprint density at radius 3 is 2.32 bits per heavy atom. The summed E-state index contributed by atoms with van der Waals surface area (Å²) >= 11 is 0. The Hall–Kier alpha value is -2.44. The Morgan fingerprint density at radius 1 is 1.21 bits per heavy atom. The standard InChI is InChI=1S/C12H10F2N2O3/c1-2-9-10(17)15-12(19)16(11(9)18)8-4-6(13)3-7(14)5-8/h3-5,18H,2H2,1H3,(H,15,17,19). The van der Waals surface area contributed by atoms with Crippen molar-refractivity contribution in [1.82, 2.24) is 9.55 Å². The van der Waals surface area contributed by atoms with E-state index in [-0.39, 0.29) is 17.7 Å². The van der Waals surface area contributed by atoms with Gasteiger partial charge in [0.15, 0.2) is 0 Å². The number of aromatic nitrogens is 2. The second kappa shape index (κ2) is 4.68. The SMILES string of the molecule is CCc1c(O)n(-c2cc(F)cc(F)c2)c(=O)[nH]c1=O. The van der Waals surface area contributed by atoms with Gasteiger partial charge in [-0.2, -0.15) is 0 Å². The Morgan fingerprint density at radius 2 is 1.79 bits per heavy atom. The first-order valence-corrected chi connectivity index (χ1v) is 5.47. The monoisotopic (exact) mass is 268 g/mol. The second-order valence-corrected chi connectivity index (χ2v) is 3.88. The second-order valence-electron chi connectivity index (χ2n) is 3.88. The van der Waals surface area contributed by atoms with Crippen molar-refractivity contribution in [3.05, 3.63) is 56.2 Å². The van der Waals surface area contributed by atoms with Crippen molar-refractivity contribution < 1.29 is 13.9 Å². The first-order valence-electron chi connectivity index (χ1n) is 5.47. The molecule has 0 fully saturated rings. The van der Waals surface area contributed by atoms with Gasteiger partial charge >= 0.3 is 5.69 Å². The summed E-state index contributed by atoms with van der Waals surface area (Å²) in [4.78, 5) is 25.1. The summed E-state index contributed by atoms with van der Waals surface area (Å²) in [7, 11) is 0. The van der Waals surface area contributed by atoms with Crippen molar-refractivity contribution >= 4 is 0 Å². The Labute approximate surface area is 105 Å². The lowest BCUT2D eigenvalue weighted by Gasteiger charge is -2.10. The minimum atomic E-state index is -0.968. The van der Waals surface area contributed by atoms with Crippen molar-refractivity contribution in [3.63, 3.8) is 0 Å². The molecule has 0 saturated heterocycles. The molecule has 0 aliphatic rings. The number of benzene rings is 1. The van der Waals surface area contributed by atoms with Crippen LogP contribution >= 0.6 is 0 Å². The van der Waals surface area contributed by atoms with Gasteiger partial charge in [-0.15, -0.1) is 0 Å². The minimum absolute atomic E-state index is 0.0377. The zero-order valence-corrected chi connectivity index (χ0v) is 9.91. The summed E-state index contributed by atoms with van der Waals surface area (Å²) in [6, 6.07) is 2.39. The highest BCUT2D eigenvalue weighted by Crippen LogP contribution is 2.18. The fourth-order valence-electron chi connectivity index (χ4n) is 1.79. The predicted octanol–water partition coefficient (Wildman–Crippen LogP) is 1.07. The summed E-state index contributed by atoms with van der Waals surface area (Å²) in [5.41, 5.74) is -1.93. The van der Waals surface area contributed by atoms with Crippen molar-refractivity contribution in [2.24, 2.45) is 0 Å². The van der Waals surface area contributed by atoms with Crippen LogP contribution in [-0.4, -0.2) is 14.7 Å². The lowest BCUT2D eigenvalue weighted by molar-refractivity contribution is 0.423. The van der Waals surface area contributed by atoms with E-state index in [2.05, 4.69) is 0 Å². The maximum atomic E-state index is 13.1. The fourth-order valence-corrected chi connectivity index (χ4v) is 1.79. The summed E-state index contributed by atoms with van der Waals surface area (Å²) in [6.45, 7) is 1.60. The van der Waals surface area contributed by atoms with Gasteiger partial charge in [0.2, 0.25) is 5.88 Å². The molecule has 1 aromatic carbocycles. The topological polar surface area (TPSA) is 75.1 Å². The molecule has 0 spiro atoms. The number of aromatic amines is 1. The number of hydrogen-bond acceptors (Lipinski definition) is 3. The molecule has 0 aliphatic carbocycles. The third-order valence-electron chi connectivity index (χ3n) is 2.64. The minimum Gasteiger partial charge on any atom is -0.494 e. The first-order chi connectivity index (χ1) is 8.93. The lowest BCUT2D eigenvalue weighted by atomic mass is 10.2. The molecular formula is C12H10F2N2O3. The van der Waals surface area contributed by atoms with Crippen molar-refractivity contribution in [2.75, 3.05) is 0 Å². The number of H-pyrrole nitrogens is 1. The number of halogens is 2. The largest absolute Gasteiger partial charge is 0.494 e. The van der Waals surface area contributed by atoms with Crippen LogP contribution < -0.4 is 11.2 Å². The van der Waals surface area contributed by atoms with E-state index in [9.17, 15) is 23.5 Å². The van der Waals surface area contributed by atoms with Gasteiger partial charge < -0.3 is 5.11 Å². The van der Waals surface area contributed by atoms with Gasteiger partial charge in [0.1, 0.15) is 11.6 Å². The number of nitrogens with one attached hydrogen (secondary N) is 1. The van der Waals surface area contributed by atoms with Crippen LogP contribution in [-0.2, 0) is 6.42 Å². The van der Waals surface area contributed by atoms with Gasteiger partial charge in [-0.25, -0.2) is 18.1 Å². The Bertz CT molecular complexity index is 729. The molecule has 0 unspecified atom stereocenters. The highest BCUT2D eigenvalue weighted by Gasteiger charge is 2.15. The number of nitrogens with zero attached hydrogens (tertiary/aromatic N) is 1. The van der Waals surface area contributed by atoms with Crippen molar-refractivity contribution in [1.29, 1.82) is 0 Å². The van der Waals surface area contributed by atoms with Gasteiger partial charge in [0.05, 0.1) is 11.3 Å². The molecule has 2 rings (SSSR count). The van der Waals surface area contributed by atoms with Gasteiger partial charge in [-0.05, 0) is 18.6 Å². The van der Waals surface area contributed by atoms with E-state index in [1.807, 2.05) is 4.98 Å². The molecule has 2 N–H and O–H groups in total. The summed E-state index contributed by atoms with van der Waals surface area (Å²) in [6.07, 6.45) is 0.166. The average Bonchev–Trinajstić information content (AvgIpc) is 2.27. The first kappa shape index (κ1) is 13.0. The molecule has 1 aromatic heterocycles. The van der Waals surface area contributed by atoms with Gasteiger partial charge in [0, 0.05) is 6.07 Å². The van der Waals surface area contributed by atoms with Crippen molar-refractivity contribution in [2.45, 2.75) is 13.3 Å². The molecule has 5 nitrogen and oxygen atoms in total. The zero-order valence-electron chi connectivity index (χ0n) is 9.91. The Balaban J connectivity index is 2.82. The quantitative estimate of drug-likeness (QED) is 0.855. The Kier molecular flexibility index (Phi) is 3.20.